The highest BCUT2D eigenvalue weighted by Gasteiger charge is 2.41. The van der Waals surface area contributed by atoms with E-state index in [0.717, 1.165) is 24.3 Å². The Kier molecular flexibility index (Phi) is 4.33. The molecular weight excluding hydrogens is 332 g/mol. The molecule has 2 aromatic carbocycles. The molecule has 0 unspecified atom stereocenters. The average Bonchev–Trinajstić information content (AvgIpc) is 2.54. The minimum atomic E-state index is -4.04. The summed E-state index contributed by atoms with van der Waals surface area (Å²) in [6.45, 7) is 0. The topological polar surface area (TPSA) is 74.6 Å². The van der Waals surface area contributed by atoms with E-state index in [0.29, 0.717) is 11.1 Å². The van der Waals surface area contributed by atoms with Gasteiger partial charge in [-0.1, -0.05) is 48.5 Å². The summed E-state index contributed by atoms with van der Waals surface area (Å²) in [6, 6.07) is 8.55. The lowest BCUT2D eigenvalue weighted by Gasteiger charge is -2.13. The molecule has 0 heterocycles. The predicted molar refractivity (Wildman–Crippen MR) is 74.9 cm³/mol. The van der Waals surface area contributed by atoms with E-state index in [1.807, 2.05) is 0 Å². The zero-order chi connectivity index (χ0) is 18.1. The first-order chi connectivity index (χ1) is 11.1. The van der Waals surface area contributed by atoms with Crippen molar-refractivity contribution in [3.63, 3.8) is 0 Å². The molecule has 0 bridgehead atoms. The maximum Gasteiger partial charge on any atom is 0.379 e. The van der Waals surface area contributed by atoms with Crippen LogP contribution in [0.25, 0.3) is 11.1 Å². The Hall–Kier alpha value is -2.90. The summed E-state index contributed by atoms with van der Waals surface area (Å²) < 4.78 is 53.3. The van der Waals surface area contributed by atoms with Gasteiger partial charge in [0.15, 0.2) is 0 Å². The number of carbonyl (C=O) groups is 2. The Bertz CT molecular complexity index is 700. The van der Waals surface area contributed by atoms with Crippen molar-refractivity contribution in [1.29, 1.82) is 0 Å². The van der Waals surface area contributed by atoms with Gasteiger partial charge in [0.2, 0.25) is 0 Å². The summed E-state index contributed by atoms with van der Waals surface area (Å²) in [5.74, 6) is -12.6. The van der Waals surface area contributed by atoms with E-state index in [1.54, 1.807) is 0 Å². The highest BCUT2D eigenvalue weighted by Crippen LogP contribution is 2.32. The lowest BCUT2D eigenvalue weighted by molar-refractivity contribution is -0.166. The van der Waals surface area contributed by atoms with Crippen LogP contribution in [0.4, 0.5) is 17.6 Å². The number of alkyl halides is 4. The lowest BCUT2D eigenvalue weighted by atomic mass is 9.99. The van der Waals surface area contributed by atoms with Crippen LogP contribution in [0.1, 0.15) is 11.1 Å². The third kappa shape index (κ3) is 3.08. The van der Waals surface area contributed by atoms with Crippen LogP contribution < -0.4 is 0 Å². The number of carboxylic acids is 2. The number of hydrogen-bond donors (Lipinski definition) is 2. The fourth-order valence-corrected chi connectivity index (χ4v) is 1.99. The van der Waals surface area contributed by atoms with Gasteiger partial charge < -0.3 is 10.2 Å². The molecule has 0 amide bonds. The van der Waals surface area contributed by atoms with Crippen molar-refractivity contribution in [1.82, 2.24) is 0 Å². The third-order valence-corrected chi connectivity index (χ3v) is 3.37. The van der Waals surface area contributed by atoms with Crippen molar-refractivity contribution >= 4 is 11.9 Å². The van der Waals surface area contributed by atoms with Crippen molar-refractivity contribution in [2.24, 2.45) is 0 Å². The summed E-state index contributed by atoms with van der Waals surface area (Å²) in [5.41, 5.74) is -0.671. The average molecular weight is 342 g/mol. The highest BCUT2D eigenvalue weighted by atomic mass is 19.3. The first kappa shape index (κ1) is 17.5. The van der Waals surface area contributed by atoms with Crippen LogP contribution >= 0.6 is 0 Å². The number of benzene rings is 2. The van der Waals surface area contributed by atoms with E-state index < -0.39 is 34.9 Å². The van der Waals surface area contributed by atoms with Gasteiger partial charge in [-0.3, -0.25) is 0 Å². The van der Waals surface area contributed by atoms with Crippen LogP contribution in [0.5, 0.6) is 0 Å². The number of hydrogen-bond acceptors (Lipinski definition) is 2. The van der Waals surface area contributed by atoms with Crippen molar-refractivity contribution in [3.05, 3.63) is 59.7 Å². The normalized spacial score (nSPS) is 12.0. The SMILES string of the molecule is O=C(O)C(F)(F)c1ccc(-c2ccc(C(F)(F)C(=O)O)cc2)cc1. The molecule has 0 spiro atoms. The predicted octanol–water partition coefficient (Wildman–Crippen LogP) is 3.71. The molecule has 0 aliphatic rings. The summed E-state index contributed by atoms with van der Waals surface area (Å²) in [4.78, 5) is 21.0. The van der Waals surface area contributed by atoms with Gasteiger partial charge in [-0.25, -0.2) is 9.59 Å². The zero-order valence-corrected chi connectivity index (χ0v) is 11.8. The monoisotopic (exact) mass is 342 g/mol. The molecule has 4 nitrogen and oxygen atoms in total. The van der Waals surface area contributed by atoms with Gasteiger partial charge in [-0.15, -0.1) is 0 Å². The van der Waals surface area contributed by atoms with Crippen LogP contribution in [0, 0.1) is 0 Å². The van der Waals surface area contributed by atoms with Crippen molar-refractivity contribution in [2.75, 3.05) is 0 Å². The Balaban J connectivity index is 2.31. The van der Waals surface area contributed by atoms with E-state index >= 15 is 0 Å². The lowest BCUT2D eigenvalue weighted by Crippen LogP contribution is -2.25. The van der Waals surface area contributed by atoms with Gasteiger partial charge in [0.05, 0.1) is 0 Å². The third-order valence-electron chi connectivity index (χ3n) is 3.37. The maximum absolute atomic E-state index is 13.3. The molecule has 2 aromatic rings. The number of carboxylic acid groups (broad SMARTS) is 2. The summed E-state index contributed by atoms with van der Waals surface area (Å²) in [7, 11) is 0. The van der Waals surface area contributed by atoms with Crippen molar-refractivity contribution in [2.45, 2.75) is 11.8 Å². The van der Waals surface area contributed by atoms with Crippen LogP contribution in [0.3, 0.4) is 0 Å². The molecular formula is C16H10F4O4. The van der Waals surface area contributed by atoms with Gasteiger partial charge in [0.1, 0.15) is 0 Å². The Morgan fingerprint density at radius 1 is 0.625 bits per heavy atom. The molecule has 24 heavy (non-hydrogen) atoms. The van der Waals surface area contributed by atoms with E-state index in [-0.39, 0.29) is 0 Å². The first-order valence-electron chi connectivity index (χ1n) is 6.50. The van der Waals surface area contributed by atoms with Crippen LogP contribution in [0.15, 0.2) is 48.5 Å². The molecule has 0 aliphatic carbocycles. The van der Waals surface area contributed by atoms with E-state index in [4.69, 9.17) is 10.2 Å². The van der Waals surface area contributed by atoms with Gasteiger partial charge >= 0.3 is 23.8 Å². The van der Waals surface area contributed by atoms with Crippen LogP contribution in [-0.2, 0) is 21.4 Å². The summed E-state index contributed by atoms with van der Waals surface area (Å²) in [5, 5.41) is 16.9. The molecule has 2 rings (SSSR count). The number of aliphatic carboxylic acids is 2. The number of rotatable bonds is 5. The quantitative estimate of drug-likeness (QED) is 0.813. The smallest absolute Gasteiger partial charge is 0.379 e. The largest absolute Gasteiger partial charge is 0.477 e. The fraction of sp³-hybridized carbons (Fsp3) is 0.125. The van der Waals surface area contributed by atoms with Gasteiger partial charge in [-0.2, -0.15) is 17.6 Å². The molecule has 8 heteroatoms. The molecule has 0 saturated carbocycles. The summed E-state index contributed by atoms with van der Waals surface area (Å²) in [6.07, 6.45) is 0. The Morgan fingerprint density at radius 3 is 1.08 bits per heavy atom. The fourth-order valence-electron chi connectivity index (χ4n) is 1.99. The van der Waals surface area contributed by atoms with Crippen LogP contribution in [0.2, 0.25) is 0 Å². The molecule has 126 valence electrons. The van der Waals surface area contributed by atoms with Gasteiger partial charge in [-0.05, 0) is 11.1 Å². The molecule has 0 radical (unpaired) electrons. The second kappa shape index (κ2) is 5.95. The number of halogens is 4. The molecule has 0 atom stereocenters. The first-order valence-corrected chi connectivity index (χ1v) is 6.50. The minimum absolute atomic E-state index is 0.380. The molecule has 0 fully saturated rings. The van der Waals surface area contributed by atoms with E-state index in [2.05, 4.69) is 0 Å². The zero-order valence-electron chi connectivity index (χ0n) is 11.8. The van der Waals surface area contributed by atoms with Crippen molar-refractivity contribution < 1.29 is 37.4 Å². The van der Waals surface area contributed by atoms with Gasteiger partial charge in [0, 0.05) is 11.1 Å². The standard InChI is InChI=1S/C16H10F4O4/c17-15(18,13(21)22)11-5-1-9(2-6-11)10-3-7-12(8-4-10)16(19,20)14(23)24/h1-8H,(H,21,22)(H,23,24). The maximum atomic E-state index is 13.3. The highest BCUT2D eigenvalue weighted by molar-refractivity contribution is 5.78. The molecule has 0 saturated heterocycles. The Morgan fingerprint density at radius 2 is 0.875 bits per heavy atom. The molecule has 0 aromatic heterocycles. The molecule has 0 aliphatic heterocycles. The second-order valence-electron chi connectivity index (χ2n) is 4.91. The van der Waals surface area contributed by atoms with Crippen molar-refractivity contribution in [3.8, 4) is 11.1 Å². The minimum Gasteiger partial charge on any atom is -0.477 e. The summed E-state index contributed by atoms with van der Waals surface area (Å²) >= 11 is 0. The Labute approximate surface area is 133 Å². The van der Waals surface area contributed by atoms with Crippen LogP contribution in [-0.4, -0.2) is 22.2 Å². The second-order valence-corrected chi connectivity index (χ2v) is 4.91. The van der Waals surface area contributed by atoms with Gasteiger partial charge in [0.25, 0.3) is 0 Å². The van der Waals surface area contributed by atoms with E-state index in [9.17, 15) is 27.2 Å². The molecule has 2 N–H and O–H groups in total. The van der Waals surface area contributed by atoms with E-state index in [1.165, 1.54) is 24.3 Å².